The molecule has 2 aromatic rings. The van der Waals surface area contributed by atoms with Gasteiger partial charge in [-0.2, -0.15) is 5.10 Å². The molecule has 194 valence electrons. The lowest BCUT2D eigenvalue weighted by Gasteiger charge is -2.54. The SMILES string of the molecule is Cc1c(C(=O)NCCNC2C3CC4CC(C3)CC2C4)nn(-c2ccc(Cl)cc2Cl)c1N1CCOCC1. The van der Waals surface area contributed by atoms with E-state index in [2.05, 4.69) is 15.5 Å². The number of anilines is 1. The van der Waals surface area contributed by atoms with Gasteiger partial charge in [-0.25, -0.2) is 4.68 Å². The summed E-state index contributed by atoms with van der Waals surface area (Å²) in [6.45, 7) is 6.07. The quantitative estimate of drug-likeness (QED) is 0.515. The Morgan fingerprint density at radius 1 is 1.06 bits per heavy atom. The fourth-order valence-electron chi connectivity index (χ4n) is 7.43. The van der Waals surface area contributed by atoms with E-state index >= 15 is 0 Å². The second-order valence-corrected chi connectivity index (χ2v) is 11.9. The van der Waals surface area contributed by atoms with Gasteiger partial charge in [-0.1, -0.05) is 23.2 Å². The standard InChI is InChI=1S/C27H35Cl2N5O2/c1-16-24(26(35)31-5-4-30-25-19-11-17-10-18(13-19)14-20(25)12-17)32-34(23-3-2-21(28)15-22(23)29)27(16)33-6-8-36-9-7-33/h2-3,15,17-20,25,30H,4-14H2,1H3,(H,31,35). The van der Waals surface area contributed by atoms with Gasteiger partial charge in [0.2, 0.25) is 0 Å². The number of ether oxygens (including phenoxy) is 1. The van der Waals surface area contributed by atoms with Crippen LogP contribution in [0, 0.1) is 30.6 Å². The highest BCUT2D eigenvalue weighted by molar-refractivity contribution is 6.35. The normalized spacial score (nSPS) is 29.1. The Kier molecular flexibility index (Phi) is 6.93. The maximum absolute atomic E-state index is 13.3. The Labute approximate surface area is 222 Å². The van der Waals surface area contributed by atoms with Crippen LogP contribution in [0.15, 0.2) is 18.2 Å². The van der Waals surface area contributed by atoms with E-state index in [-0.39, 0.29) is 5.91 Å². The number of hydrogen-bond donors (Lipinski definition) is 2. The maximum Gasteiger partial charge on any atom is 0.272 e. The summed E-state index contributed by atoms with van der Waals surface area (Å²) in [5, 5.41) is 12.7. The van der Waals surface area contributed by atoms with E-state index in [1.165, 1.54) is 32.1 Å². The van der Waals surface area contributed by atoms with Gasteiger partial charge in [-0.15, -0.1) is 0 Å². The average molecular weight is 533 g/mol. The van der Waals surface area contributed by atoms with Crippen molar-refractivity contribution in [2.24, 2.45) is 23.7 Å². The van der Waals surface area contributed by atoms with Gasteiger partial charge in [0.15, 0.2) is 5.69 Å². The molecule has 0 atom stereocenters. The molecule has 36 heavy (non-hydrogen) atoms. The summed E-state index contributed by atoms with van der Waals surface area (Å²) in [7, 11) is 0. The number of aromatic nitrogens is 2. The Balaban J connectivity index is 1.15. The van der Waals surface area contributed by atoms with Crippen LogP contribution in [0.1, 0.15) is 48.2 Å². The molecule has 1 aliphatic heterocycles. The van der Waals surface area contributed by atoms with E-state index in [1.807, 2.05) is 13.0 Å². The molecule has 0 radical (unpaired) electrons. The number of benzene rings is 1. The molecule has 2 heterocycles. The summed E-state index contributed by atoms with van der Waals surface area (Å²) >= 11 is 12.7. The molecular weight excluding hydrogens is 497 g/mol. The number of halogens is 2. The van der Waals surface area contributed by atoms with Crippen LogP contribution >= 0.6 is 23.2 Å². The zero-order valence-corrected chi connectivity index (χ0v) is 22.3. The highest BCUT2D eigenvalue weighted by Crippen LogP contribution is 2.53. The van der Waals surface area contributed by atoms with E-state index in [0.717, 1.165) is 54.7 Å². The number of carbonyl (C=O) groups excluding carboxylic acids is 1. The van der Waals surface area contributed by atoms with Crippen LogP contribution in [0.25, 0.3) is 5.69 Å². The van der Waals surface area contributed by atoms with E-state index in [4.69, 9.17) is 33.0 Å². The first-order chi connectivity index (χ1) is 17.5. The maximum atomic E-state index is 13.3. The highest BCUT2D eigenvalue weighted by Gasteiger charge is 2.47. The summed E-state index contributed by atoms with van der Waals surface area (Å²) in [6.07, 6.45) is 7.04. The van der Waals surface area contributed by atoms with E-state index < -0.39 is 0 Å². The molecule has 1 amide bonds. The third-order valence-corrected chi connectivity index (χ3v) is 9.31. The summed E-state index contributed by atoms with van der Waals surface area (Å²) in [6, 6.07) is 5.96. The minimum absolute atomic E-state index is 0.155. The van der Waals surface area contributed by atoms with Crippen molar-refractivity contribution in [3.05, 3.63) is 39.5 Å². The molecule has 5 aliphatic rings. The average Bonchev–Trinajstić information content (AvgIpc) is 3.20. The molecule has 0 unspecified atom stereocenters. The van der Waals surface area contributed by atoms with Crippen LogP contribution in [0.2, 0.25) is 10.0 Å². The van der Waals surface area contributed by atoms with Crippen molar-refractivity contribution < 1.29 is 9.53 Å². The second kappa shape index (κ2) is 10.2. The summed E-state index contributed by atoms with van der Waals surface area (Å²) in [4.78, 5) is 15.5. The minimum atomic E-state index is -0.155. The monoisotopic (exact) mass is 531 g/mol. The van der Waals surface area contributed by atoms with Crippen LogP contribution in [-0.4, -0.2) is 61.1 Å². The number of nitrogens with one attached hydrogen (secondary N) is 2. The zero-order valence-electron chi connectivity index (χ0n) is 20.8. The first kappa shape index (κ1) is 24.5. The number of amides is 1. The molecule has 4 saturated carbocycles. The first-order valence-electron chi connectivity index (χ1n) is 13.4. The molecule has 9 heteroatoms. The fraction of sp³-hybridized carbons (Fsp3) is 0.630. The largest absolute Gasteiger partial charge is 0.378 e. The van der Waals surface area contributed by atoms with Gasteiger partial charge in [0.05, 0.1) is 23.9 Å². The lowest BCUT2D eigenvalue weighted by molar-refractivity contribution is -0.0133. The molecule has 1 aromatic heterocycles. The molecular formula is C27H35Cl2N5O2. The van der Waals surface area contributed by atoms with Crippen LogP contribution in [0.3, 0.4) is 0 Å². The van der Waals surface area contributed by atoms with Gasteiger partial charge < -0.3 is 20.3 Å². The van der Waals surface area contributed by atoms with Crippen molar-refractivity contribution >= 4 is 34.9 Å². The van der Waals surface area contributed by atoms with E-state index in [0.29, 0.717) is 47.2 Å². The predicted octanol–water partition coefficient (Wildman–Crippen LogP) is 4.47. The Morgan fingerprint density at radius 3 is 2.42 bits per heavy atom. The minimum Gasteiger partial charge on any atom is -0.378 e. The number of carbonyl (C=O) groups is 1. The molecule has 2 N–H and O–H groups in total. The molecule has 4 aliphatic carbocycles. The zero-order chi connectivity index (χ0) is 24.8. The van der Waals surface area contributed by atoms with Crippen molar-refractivity contribution in [1.29, 1.82) is 0 Å². The summed E-state index contributed by atoms with van der Waals surface area (Å²) in [5.74, 6) is 4.32. The van der Waals surface area contributed by atoms with Gasteiger partial charge in [0.1, 0.15) is 5.82 Å². The Hall–Kier alpha value is -1.80. The number of morpholine rings is 1. The van der Waals surface area contributed by atoms with Crippen LogP contribution in [0.5, 0.6) is 0 Å². The Morgan fingerprint density at radius 2 is 1.75 bits per heavy atom. The van der Waals surface area contributed by atoms with Crippen molar-refractivity contribution in [1.82, 2.24) is 20.4 Å². The van der Waals surface area contributed by atoms with Gasteiger partial charge in [-0.05, 0) is 80.9 Å². The molecule has 5 fully saturated rings. The molecule has 0 spiro atoms. The molecule has 7 rings (SSSR count). The first-order valence-corrected chi connectivity index (χ1v) is 14.1. The topological polar surface area (TPSA) is 71.4 Å². The number of rotatable bonds is 7. The van der Waals surface area contributed by atoms with Crippen molar-refractivity contribution in [3.63, 3.8) is 0 Å². The lowest BCUT2D eigenvalue weighted by atomic mass is 9.54. The van der Waals surface area contributed by atoms with Crippen LogP contribution in [-0.2, 0) is 4.74 Å². The number of nitrogens with zero attached hydrogens (tertiary/aromatic N) is 3. The highest BCUT2D eigenvalue weighted by atomic mass is 35.5. The van der Waals surface area contributed by atoms with Gasteiger partial charge in [-0.3, -0.25) is 4.79 Å². The third kappa shape index (κ3) is 4.64. The van der Waals surface area contributed by atoms with Crippen molar-refractivity contribution in [2.75, 3.05) is 44.3 Å². The fourth-order valence-corrected chi connectivity index (χ4v) is 7.92. The van der Waals surface area contributed by atoms with Crippen LogP contribution < -0.4 is 15.5 Å². The summed E-state index contributed by atoms with van der Waals surface area (Å²) in [5.41, 5.74) is 1.97. The van der Waals surface area contributed by atoms with Crippen LogP contribution in [0.4, 0.5) is 5.82 Å². The second-order valence-electron chi connectivity index (χ2n) is 11.1. The molecule has 7 nitrogen and oxygen atoms in total. The van der Waals surface area contributed by atoms with Gasteiger partial charge >= 0.3 is 0 Å². The third-order valence-electron chi connectivity index (χ3n) is 8.77. The molecule has 4 bridgehead atoms. The predicted molar refractivity (Wildman–Crippen MR) is 143 cm³/mol. The number of hydrogen-bond acceptors (Lipinski definition) is 5. The van der Waals surface area contributed by atoms with Crippen molar-refractivity contribution in [3.8, 4) is 5.69 Å². The lowest BCUT2D eigenvalue weighted by Crippen LogP contribution is -2.55. The smallest absolute Gasteiger partial charge is 0.272 e. The van der Waals surface area contributed by atoms with E-state index in [1.54, 1.807) is 16.8 Å². The molecule has 1 aromatic carbocycles. The van der Waals surface area contributed by atoms with Gasteiger partial charge in [0.25, 0.3) is 5.91 Å². The van der Waals surface area contributed by atoms with Crippen molar-refractivity contribution in [2.45, 2.75) is 45.1 Å². The summed E-state index contributed by atoms with van der Waals surface area (Å²) < 4.78 is 7.33. The Bertz CT molecular complexity index is 1100. The molecule has 1 saturated heterocycles. The van der Waals surface area contributed by atoms with E-state index in [9.17, 15) is 4.79 Å². The van der Waals surface area contributed by atoms with Gasteiger partial charge in [0, 0.05) is 42.8 Å².